The first-order valence-corrected chi connectivity index (χ1v) is 11.7. The van der Waals surface area contributed by atoms with Crippen molar-refractivity contribution in [1.82, 2.24) is 9.80 Å². The lowest BCUT2D eigenvalue weighted by Gasteiger charge is -2.38. The average Bonchev–Trinajstić information content (AvgIpc) is 3.38. The number of benzene rings is 3. The summed E-state index contributed by atoms with van der Waals surface area (Å²) < 4.78 is 14.0. The molecule has 0 aliphatic carbocycles. The first kappa shape index (κ1) is 22.7. The fraction of sp³-hybridized carbons (Fsp3) is 0.296. The normalized spacial score (nSPS) is 18.1. The maximum atomic E-state index is 14.0. The van der Waals surface area contributed by atoms with Crippen LogP contribution in [0, 0.1) is 17.1 Å². The molecule has 1 atom stereocenters. The molecule has 0 bridgehead atoms. The van der Waals surface area contributed by atoms with Crippen molar-refractivity contribution < 1.29 is 19.1 Å². The van der Waals surface area contributed by atoms with Crippen LogP contribution < -0.4 is 4.90 Å². The van der Waals surface area contributed by atoms with Crippen molar-refractivity contribution in [3.8, 4) is 11.8 Å². The molecule has 1 unspecified atom stereocenters. The molecule has 35 heavy (non-hydrogen) atoms. The third-order valence-electron chi connectivity index (χ3n) is 6.97. The highest BCUT2D eigenvalue weighted by Crippen LogP contribution is 2.32. The van der Waals surface area contributed by atoms with Crippen molar-refractivity contribution in [3.05, 3.63) is 71.5 Å². The molecule has 2 fully saturated rings. The number of fused-ring (bicyclic) bond motifs is 1. The minimum absolute atomic E-state index is 0.00929. The number of carbonyl (C=O) groups is 2. The van der Waals surface area contributed by atoms with Gasteiger partial charge < -0.3 is 19.8 Å². The van der Waals surface area contributed by atoms with Gasteiger partial charge in [-0.15, -0.1) is 0 Å². The number of phenols is 1. The Morgan fingerprint density at radius 3 is 2.51 bits per heavy atom. The zero-order valence-corrected chi connectivity index (χ0v) is 19.2. The molecule has 0 radical (unpaired) electrons. The number of piperazine rings is 1. The highest BCUT2D eigenvalue weighted by Gasteiger charge is 2.38. The highest BCUT2D eigenvalue weighted by molar-refractivity contribution is 6.05. The Hall–Kier alpha value is -4.12. The predicted molar refractivity (Wildman–Crippen MR) is 130 cm³/mol. The van der Waals surface area contributed by atoms with E-state index in [-0.39, 0.29) is 28.7 Å². The van der Waals surface area contributed by atoms with E-state index >= 15 is 0 Å². The van der Waals surface area contributed by atoms with Crippen LogP contribution in [-0.2, 0) is 4.79 Å². The molecule has 8 heteroatoms. The second-order valence-electron chi connectivity index (χ2n) is 8.90. The minimum atomic E-state index is -0.580. The van der Waals surface area contributed by atoms with E-state index in [4.69, 9.17) is 0 Å². The SMILES string of the molecule is N#Cc1c(F)cccc1N1CCN(C(=O)C2CCCN2C(=O)c2ccc3ccccc3c2O)CC1. The van der Waals surface area contributed by atoms with Crippen LogP contribution in [0.2, 0.25) is 0 Å². The number of nitrogens with zero attached hydrogens (tertiary/aromatic N) is 4. The molecule has 7 nitrogen and oxygen atoms in total. The van der Waals surface area contributed by atoms with Crippen LogP contribution in [0.1, 0.15) is 28.8 Å². The van der Waals surface area contributed by atoms with Gasteiger partial charge in [-0.3, -0.25) is 9.59 Å². The third-order valence-corrected chi connectivity index (χ3v) is 6.97. The van der Waals surface area contributed by atoms with Gasteiger partial charge in [0.2, 0.25) is 5.91 Å². The van der Waals surface area contributed by atoms with Crippen LogP contribution in [0.15, 0.2) is 54.6 Å². The van der Waals surface area contributed by atoms with E-state index in [0.29, 0.717) is 56.6 Å². The summed E-state index contributed by atoms with van der Waals surface area (Å²) in [6, 6.07) is 16.6. The highest BCUT2D eigenvalue weighted by atomic mass is 19.1. The molecule has 3 aromatic rings. The number of rotatable bonds is 3. The van der Waals surface area contributed by atoms with Crippen molar-refractivity contribution >= 4 is 28.3 Å². The van der Waals surface area contributed by atoms with Crippen LogP contribution in [-0.4, -0.2) is 65.5 Å². The van der Waals surface area contributed by atoms with Gasteiger partial charge in [0.15, 0.2) is 0 Å². The molecule has 0 saturated carbocycles. The summed E-state index contributed by atoms with van der Waals surface area (Å²) >= 11 is 0. The Bertz CT molecular complexity index is 1340. The van der Waals surface area contributed by atoms with Gasteiger partial charge in [0.1, 0.15) is 29.2 Å². The van der Waals surface area contributed by atoms with Crippen molar-refractivity contribution in [2.45, 2.75) is 18.9 Å². The second-order valence-corrected chi connectivity index (χ2v) is 8.90. The zero-order chi connectivity index (χ0) is 24.5. The number of hydrogen-bond donors (Lipinski definition) is 1. The number of likely N-dealkylation sites (tertiary alicyclic amines) is 1. The Morgan fingerprint density at radius 1 is 0.971 bits per heavy atom. The van der Waals surface area contributed by atoms with Gasteiger partial charge in [-0.1, -0.05) is 36.4 Å². The lowest BCUT2D eigenvalue weighted by molar-refractivity contribution is -0.135. The molecule has 2 heterocycles. The molecule has 0 spiro atoms. The molecular formula is C27H25FN4O3. The zero-order valence-electron chi connectivity index (χ0n) is 19.2. The standard InChI is InChI=1S/C27H25FN4O3/c28-22-7-3-8-23(21(22)17-29)30-13-15-31(16-14-30)27(35)24-9-4-12-32(24)26(34)20-11-10-18-5-1-2-6-19(18)25(20)33/h1-3,5-8,10-11,24,33H,4,9,12-16H2. The lowest BCUT2D eigenvalue weighted by Crippen LogP contribution is -2.54. The van der Waals surface area contributed by atoms with Crippen molar-refractivity contribution in [1.29, 1.82) is 5.26 Å². The molecule has 1 N–H and O–H groups in total. The van der Waals surface area contributed by atoms with Crippen LogP contribution in [0.3, 0.4) is 0 Å². The number of halogens is 1. The van der Waals surface area contributed by atoms with E-state index in [1.165, 1.54) is 6.07 Å². The maximum absolute atomic E-state index is 14.0. The monoisotopic (exact) mass is 472 g/mol. The number of phenolic OH excluding ortho intramolecular Hbond substituents is 1. The quantitative estimate of drug-likeness (QED) is 0.630. The number of anilines is 1. The molecule has 2 saturated heterocycles. The Kier molecular flexibility index (Phi) is 6.00. The summed E-state index contributed by atoms with van der Waals surface area (Å²) in [6.07, 6.45) is 1.28. The second kappa shape index (κ2) is 9.26. The average molecular weight is 473 g/mol. The van der Waals surface area contributed by atoms with Gasteiger partial charge in [0.25, 0.3) is 5.91 Å². The maximum Gasteiger partial charge on any atom is 0.258 e. The molecule has 2 aliphatic heterocycles. The number of hydrogen-bond acceptors (Lipinski definition) is 5. The Labute approximate surface area is 202 Å². The van der Waals surface area contributed by atoms with Crippen LogP contribution >= 0.6 is 0 Å². The van der Waals surface area contributed by atoms with E-state index in [0.717, 1.165) is 5.39 Å². The molecule has 0 aromatic heterocycles. The van der Waals surface area contributed by atoms with Gasteiger partial charge in [-0.05, 0) is 36.4 Å². The first-order chi connectivity index (χ1) is 17.0. The number of nitriles is 1. The summed E-state index contributed by atoms with van der Waals surface area (Å²) in [5.41, 5.74) is 0.738. The van der Waals surface area contributed by atoms with E-state index in [2.05, 4.69) is 0 Å². The smallest absolute Gasteiger partial charge is 0.258 e. The van der Waals surface area contributed by atoms with Crippen LogP contribution in [0.5, 0.6) is 5.75 Å². The van der Waals surface area contributed by atoms with E-state index < -0.39 is 11.9 Å². The molecular weight excluding hydrogens is 447 g/mol. The summed E-state index contributed by atoms with van der Waals surface area (Å²) in [5, 5.41) is 21.5. The van der Waals surface area contributed by atoms with E-state index in [9.17, 15) is 24.3 Å². The van der Waals surface area contributed by atoms with Crippen molar-refractivity contribution in [3.63, 3.8) is 0 Å². The van der Waals surface area contributed by atoms with Crippen LogP contribution in [0.25, 0.3) is 10.8 Å². The van der Waals surface area contributed by atoms with Gasteiger partial charge >= 0.3 is 0 Å². The van der Waals surface area contributed by atoms with Gasteiger partial charge in [0, 0.05) is 38.1 Å². The minimum Gasteiger partial charge on any atom is -0.506 e. The summed E-state index contributed by atoms with van der Waals surface area (Å²) in [7, 11) is 0. The number of carbonyl (C=O) groups excluding carboxylic acids is 2. The fourth-order valence-electron chi connectivity index (χ4n) is 5.11. The van der Waals surface area contributed by atoms with Crippen molar-refractivity contribution in [2.24, 2.45) is 0 Å². The summed E-state index contributed by atoms with van der Waals surface area (Å²) in [4.78, 5) is 32.0. The topological polar surface area (TPSA) is 87.9 Å². The number of aromatic hydroxyl groups is 1. The molecule has 5 rings (SSSR count). The van der Waals surface area contributed by atoms with Crippen LogP contribution in [0.4, 0.5) is 10.1 Å². The number of amides is 2. The Balaban J connectivity index is 1.30. The van der Waals surface area contributed by atoms with Crippen molar-refractivity contribution in [2.75, 3.05) is 37.6 Å². The largest absolute Gasteiger partial charge is 0.506 e. The molecule has 3 aromatic carbocycles. The fourth-order valence-corrected chi connectivity index (χ4v) is 5.11. The third kappa shape index (κ3) is 4.03. The Morgan fingerprint density at radius 2 is 1.74 bits per heavy atom. The van der Waals surface area contributed by atoms with Gasteiger partial charge in [-0.2, -0.15) is 5.26 Å². The first-order valence-electron chi connectivity index (χ1n) is 11.7. The molecule has 2 amide bonds. The van der Waals surface area contributed by atoms with E-state index in [1.54, 1.807) is 40.1 Å². The molecule has 178 valence electrons. The summed E-state index contributed by atoms with van der Waals surface area (Å²) in [6.45, 7) is 2.22. The molecule has 2 aliphatic rings. The van der Waals surface area contributed by atoms with Gasteiger partial charge in [-0.25, -0.2) is 4.39 Å². The summed E-state index contributed by atoms with van der Waals surface area (Å²) in [5.74, 6) is -1.08. The van der Waals surface area contributed by atoms with E-state index in [1.807, 2.05) is 29.2 Å². The lowest BCUT2D eigenvalue weighted by atomic mass is 10.0. The predicted octanol–water partition coefficient (Wildman–Crippen LogP) is 3.51. The van der Waals surface area contributed by atoms with Gasteiger partial charge in [0.05, 0.1) is 11.3 Å².